The van der Waals surface area contributed by atoms with Crippen LogP contribution in [-0.4, -0.2) is 61.1 Å². The topological polar surface area (TPSA) is 45.7 Å². The van der Waals surface area contributed by atoms with Gasteiger partial charge in [-0.05, 0) is 0 Å². The first-order chi connectivity index (χ1) is 8.16. The lowest BCUT2D eigenvalue weighted by molar-refractivity contribution is 0.0341. The second-order valence-corrected chi connectivity index (χ2v) is 5.16. The molecule has 1 aromatic rings. The van der Waals surface area contributed by atoms with Crippen molar-refractivity contribution in [2.45, 2.75) is 6.54 Å². The molecule has 1 aliphatic heterocycles. The van der Waals surface area contributed by atoms with E-state index in [1.165, 1.54) is 0 Å². The summed E-state index contributed by atoms with van der Waals surface area (Å²) in [7, 11) is 3.48. The molecule has 0 aromatic carbocycles. The van der Waals surface area contributed by atoms with Gasteiger partial charge in [-0.15, -0.1) is 11.3 Å². The highest BCUT2D eigenvalue weighted by Crippen LogP contribution is 2.14. The number of morpholine rings is 1. The summed E-state index contributed by atoms with van der Waals surface area (Å²) >= 11 is 1.55. The number of aromatic nitrogens is 1. The Kier molecular flexibility index (Phi) is 4.09. The molecule has 1 aromatic heterocycles. The molecule has 0 spiro atoms. The minimum absolute atomic E-state index is 0.0329. The van der Waals surface area contributed by atoms with Crippen molar-refractivity contribution >= 4 is 17.2 Å². The van der Waals surface area contributed by atoms with Crippen LogP contribution in [0.3, 0.4) is 0 Å². The average molecular weight is 255 g/mol. The molecule has 6 heteroatoms. The van der Waals surface area contributed by atoms with Crippen molar-refractivity contribution in [1.29, 1.82) is 0 Å². The molecule has 0 saturated carbocycles. The van der Waals surface area contributed by atoms with E-state index in [0.29, 0.717) is 5.69 Å². The molecule has 0 N–H and O–H groups in total. The van der Waals surface area contributed by atoms with Crippen LogP contribution >= 0.6 is 11.3 Å². The fourth-order valence-electron chi connectivity index (χ4n) is 1.66. The minimum Gasteiger partial charge on any atom is -0.379 e. The second kappa shape index (κ2) is 5.57. The van der Waals surface area contributed by atoms with Crippen LogP contribution in [0, 0.1) is 0 Å². The quantitative estimate of drug-likeness (QED) is 0.796. The molecule has 1 saturated heterocycles. The number of amides is 1. The van der Waals surface area contributed by atoms with E-state index in [0.717, 1.165) is 37.9 Å². The summed E-state index contributed by atoms with van der Waals surface area (Å²) in [5, 5.41) is 2.83. The van der Waals surface area contributed by atoms with Gasteiger partial charge < -0.3 is 9.64 Å². The van der Waals surface area contributed by atoms with Gasteiger partial charge in [0.1, 0.15) is 10.7 Å². The van der Waals surface area contributed by atoms with Crippen molar-refractivity contribution in [3.63, 3.8) is 0 Å². The normalized spacial score (nSPS) is 17.1. The highest BCUT2D eigenvalue weighted by atomic mass is 32.1. The lowest BCUT2D eigenvalue weighted by Crippen LogP contribution is -2.35. The van der Waals surface area contributed by atoms with Gasteiger partial charge in [-0.3, -0.25) is 9.69 Å². The summed E-state index contributed by atoms with van der Waals surface area (Å²) in [5.74, 6) is -0.0329. The Labute approximate surface area is 105 Å². The number of thiazole rings is 1. The van der Waals surface area contributed by atoms with E-state index in [1.54, 1.807) is 30.3 Å². The van der Waals surface area contributed by atoms with Crippen LogP contribution in [0.25, 0.3) is 0 Å². The monoisotopic (exact) mass is 255 g/mol. The highest BCUT2D eigenvalue weighted by Gasteiger charge is 2.15. The van der Waals surface area contributed by atoms with E-state index < -0.39 is 0 Å². The number of carbonyl (C=O) groups excluding carboxylic acids is 1. The third-order valence-corrected chi connectivity index (χ3v) is 3.47. The van der Waals surface area contributed by atoms with Gasteiger partial charge in [-0.25, -0.2) is 4.98 Å². The van der Waals surface area contributed by atoms with Gasteiger partial charge in [0.25, 0.3) is 5.91 Å². The van der Waals surface area contributed by atoms with Crippen molar-refractivity contribution in [2.24, 2.45) is 0 Å². The van der Waals surface area contributed by atoms with Crippen LogP contribution in [-0.2, 0) is 11.3 Å². The summed E-state index contributed by atoms with van der Waals surface area (Å²) in [6.45, 7) is 4.27. The zero-order valence-corrected chi connectivity index (χ0v) is 11.0. The number of carbonyl (C=O) groups is 1. The molecular weight excluding hydrogens is 238 g/mol. The molecule has 94 valence electrons. The van der Waals surface area contributed by atoms with Gasteiger partial charge in [-0.2, -0.15) is 0 Å². The number of ether oxygens (including phenoxy) is 1. The zero-order chi connectivity index (χ0) is 12.3. The SMILES string of the molecule is CN(C)C(=O)c1csc(CN2CCOCC2)n1. The van der Waals surface area contributed by atoms with Crippen LogP contribution in [0.2, 0.25) is 0 Å². The van der Waals surface area contributed by atoms with Crippen molar-refractivity contribution in [1.82, 2.24) is 14.8 Å². The van der Waals surface area contributed by atoms with E-state index >= 15 is 0 Å². The van der Waals surface area contributed by atoms with Crippen LogP contribution in [0.5, 0.6) is 0 Å². The molecule has 1 amide bonds. The average Bonchev–Trinajstić information content (AvgIpc) is 2.77. The summed E-state index contributed by atoms with van der Waals surface area (Å²) in [6.07, 6.45) is 0. The molecule has 0 unspecified atom stereocenters. The van der Waals surface area contributed by atoms with Gasteiger partial charge in [0.05, 0.1) is 19.8 Å². The Morgan fingerprint density at radius 2 is 2.24 bits per heavy atom. The fraction of sp³-hybridized carbons (Fsp3) is 0.636. The standard InChI is InChI=1S/C11H17N3O2S/c1-13(2)11(15)9-8-17-10(12-9)7-14-3-5-16-6-4-14/h8H,3-7H2,1-2H3. The molecule has 0 bridgehead atoms. The summed E-state index contributed by atoms with van der Waals surface area (Å²) < 4.78 is 5.29. The molecule has 5 nitrogen and oxygen atoms in total. The van der Waals surface area contributed by atoms with Crippen LogP contribution in [0.15, 0.2) is 5.38 Å². The molecule has 0 radical (unpaired) electrons. The van der Waals surface area contributed by atoms with Crippen LogP contribution < -0.4 is 0 Å². The van der Waals surface area contributed by atoms with E-state index in [2.05, 4.69) is 9.88 Å². The second-order valence-electron chi connectivity index (χ2n) is 4.21. The minimum atomic E-state index is -0.0329. The Morgan fingerprint density at radius 3 is 2.88 bits per heavy atom. The van der Waals surface area contributed by atoms with E-state index in [-0.39, 0.29) is 5.91 Å². The largest absolute Gasteiger partial charge is 0.379 e. The molecule has 1 aliphatic rings. The van der Waals surface area contributed by atoms with Crippen molar-refractivity contribution < 1.29 is 9.53 Å². The third-order valence-electron chi connectivity index (χ3n) is 2.64. The van der Waals surface area contributed by atoms with Crippen molar-refractivity contribution in [3.8, 4) is 0 Å². The first-order valence-corrected chi connectivity index (χ1v) is 6.51. The summed E-state index contributed by atoms with van der Waals surface area (Å²) in [6, 6.07) is 0. The van der Waals surface area contributed by atoms with Crippen molar-refractivity contribution in [2.75, 3.05) is 40.4 Å². The van der Waals surface area contributed by atoms with Crippen LogP contribution in [0.4, 0.5) is 0 Å². The highest BCUT2D eigenvalue weighted by molar-refractivity contribution is 7.09. The third kappa shape index (κ3) is 3.24. The molecular formula is C11H17N3O2S. The molecule has 0 aliphatic carbocycles. The maximum Gasteiger partial charge on any atom is 0.272 e. The van der Waals surface area contributed by atoms with Gasteiger partial charge >= 0.3 is 0 Å². The molecule has 2 heterocycles. The van der Waals surface area contributed by atoms with Crippen LogP contribution in [0.1, 0.15) is 15.5 Å². The first-order valence-electron chi connectivity index (χ1n) is 5.63. The number of hydrogen-bond donors (Lipinski definition) is 0. The van der Waals surface area contributed by atoms with Gasteiger partial charge in [-0.1, -0.05) is 0 Å². The summed E-state index contributed by atoms with van der Waals surface area (Å²) in [5.41, 5.74) is 0.545. The lowest BCUT2D eigenvalue weighted by atomic mass is 10.4. The predicted octanol–water partition coefficient (Wildman–Crippen LogP) is 0.677. The Morgan fingerprint density at radius 1 is 1.53 bits per heavy atom. The smallest absolute Gasteiger partial charge is 0.272 e. The maximum absolute atomic E-state index is 11.7. The van der Waals surface area contributed by atoms with Crippen molar-refractivity contribution in [3.05, 3.63) is 16.1 Å². The Bertz CT molecular complexity index is 386. The van der Waals surface area contributed by atoms with Gasteiger partial charge in [0.15, 0.2) is 0 Å². The van der Waals surface area contributed by atoms with E-state index in [1.807, 2.05) is 5.38 Å². The molecule has 2 rings (SSSR count). The number of rotatable bonds is 3. The molecule has 0 atom stereocenters. The Balaban J connectivity index is 1.95. The Hall–Kier alpha value is -0.980. The fourth-order valence-corrected chi connectivity index (χ4v) is 2.47. The molecule has 17 heavy (non-hydrogen) atoms. The zero-order valence-electron chi connectivity index (χ0n) is 10.2. The lowest BCUT2D eigenvalue weighted by Gasteiger charge is -2.25. The number of nitrogens with zero attached hydrogens (tertiary/aromatic N) is 3. The maximum atomic E-state index is 11.7. The van der Waals surface area contributed by atoms with Gasteiger partial charge in [0.2, 0.25) is 0 Å². The predicted molar refractivity (Wildman–Crippen MR) is 66.2 cm³/mol. The van der Waals surface area contributed by atoms with E-state index in [4.69, 9.17) is 4.74 Å². The summed E-state index contributed by atoms with van der Waals surface area (Å²) in [4.78, 5) is 19.9. The number of hydrogen-bond acceptors (Lipinski definition) is 5. The van der Waals surface area contributed by atoms with Gasteiger partial charge in [0, 0.05) is 32.6 Å². The molecule has 1 fully saturated rings. The van der Waals surface area contributed by atoms with E-state index in [9.17, 15) is 4.79 Å². The first kappa shape index (κ1) is 12.5.